The number of nitrogens with one attached hydrogen (secondary N) is 1. The summed E-state index contributed by atoms with van der Waals surface area (Å²) in [5.74, 6) is -0.301. The number of hydrogen-bond acceptors (Lipinski definition) is 2. The molecule has 0 aliphatic rings. The van der Waals surface area contributed by atoms with Crippen LogP contribution in [0.25, 0.3) is 0 Å². The molecule has 75 valence electrons. The van der Waals surface area contributed by atoms with Crippen molar-refractivity contribution in [2.45, 2.75) is 32.1 Å². The molecule has 4 heteroatoms. The van der Waals surface area contributed by atoms with Gasteiger partial charge in [-0.2, -0.15) is 0 Å². The zero-order chi connectivity index (χ0) is 10.1. The second-order valence-corrected chi connectivity index (χ2v) is 2.88. The lowest BCUT2D eigenvalue weighted by molar-refractivity contribution is -0.118. The fourth-order valence-corrected chi connectivity index (χ4v) is 0.956. The highest BCUT2D eigenvalue weighted by Crippen LogP contribution is 2.03. The summed E-state index contributed by atoms with van der Waals surface area (Å²) < 4.78 is 0. The molecule has 0 heterocycles. The van der Waals surface area contributed by atoms with Crippen molar-refractivity contribution < 1.29 is 9.59 Å². The van der Waals surface area contributed by atoms with E-state index >= 15 is 0 Å². The molecule has 0 aromatic rings. The summed E-state index contributed by atoms with van der Waals surface area (Å²) in [4.78, 5) is 21.0. The van der Waals surface area contributed by atoms with Crippen molar-refractivity contribution in [3.63, 3.8) is 0 Å². The predicted octanol–water partition coefficient (Wildman–Crippen LogP) is 0.372. The Kier molecular flexibility index (Phi) is 6.96. The molecular weight excluding hydrogens is 168 g/mol. The van der Waals surface area contributed by atoms with Gasteiger partial charge in [0.25, 0.3) is 0 Å². The summed E-state index contributed by atoms with van der Waals surface area (Å²) in [5.41, 5.74) is 4.97. The van der Waals surface area contributed by atoms with Crippen LogP contribution in [0.3, 0.4) is 0 Å². The predicted molar refractivity (Wildman–Crippen MR) is 50.6 cm³/mol. The van der Waals surface area contributed by atoms with Gasteiger partial charge in [-0.25, -0.2) is 0 Å². The van der Waals surface area contributed by atoms with E-state index < -0.39 is 0 Å². The summed E-state index contributed by atoms with van der Waals surface area (Å²) in [6.07, 6.45) is 5.51. The van der Waals surface area contributed by atoms with Crippen LogP contribution < -0.4 is 11.1 Å². The maximum absolute atomic E-state index is 10.7. The van der Waals surface area contributed by atoms with E-state index in [9.17, 15) is 9.59 Å². The van der Waals surface area contributed by atoms with Crippen LogP contribution in [0.5, 0.6) is 0 Å². The standard InChI is InChI=1S/C9H17N2O2/c1-11-9(13)7-5-3-2-4-6-8(10)12/h7H,2-6H2,1H3,(H2,10,12)(H,11,13). The molecule has 0 unspecified atom stereocenters. The van der Waals surface area contributed by atoms with Gasteiger partial charge >= 0.3 is 0 Å². The van der Waals surface area contributed by atoms with Gasteiger partial charge in [0.15, 0.2) is 0 Å². The summed E-state index contributed by atoms with van der Waals surface area (Å²) in [7, 11) is 1.60. The first-order chi connectivity index (χ1) is 6.16. The van der Waals surface area contributed by atoms with Crippen LogP contribution in [0.2, 0.25) is 0 Å². The molecule has 0 saturated heterocycles. The van der Waals surface area contributed by atoms with Crippen molar-refractivity contribution in [1.29, 1.82) is 0 Å². The van der Waals surface area contributed by atoms with E-state index in [-0.39, 0.29) is 11.8 Å². The van der Waals surface area contributed by atoms with Crippen LogP contribution in [0.1, 0.15) is 32.1 Å². The zero-order valence-electron chi connectivity index (χ0n) is 8.01. The van der Waals surface area contributed by atoms with Gasteiger partial charge in [0, 0.05) is 19.9 Å². The van der Waals surface area contributed by atoms with E-state index in [1.165, 1.54) is 0 Å². The molecule has 2 amide bonds. The molecule has 4 nitrogen and oxygen atoms in total. The molecule has 0 aliphatic heterocycles. The Morgan fingerprint density at radius 2 is 2.00 bits per heavy atom. The SMILES string of the molecule is CNC(=O)[CH]CCCCCC(N)=O. The van der Waals surface area contributed by atoms with Crippen LogP contribution >= 0.6 is 0 Å². The monoisotopic (exact) mass is 185 g/mol. The molecule has 0 aromatic carbocycles. The van der Waals surface area contributed by atoms with Crippen LogP contribution in [0, 0.1) is 6.42 Å². The molecule has 3 N–H and O–H groups in total. The molecule has 0 spiro atoms. The van der Waals surface area contributed by atoms with Gasteiger partial charge in [0.05, 0.1) is 0 Å². The van der Waals surface area contributed by atoms with Crippen molar-refractivity contribution >= 4 is 11.8 Å². The van der Waals surface area contributed by atoms with Crippen molar-refractivity contribution in [2.75, 3.05) is 7.05 Å². The van der Waals surface area contributed by atoms with E-state index in [0.29, 0.717) is 6.42 Å². The largest absolute Gasteiger partial charge is 0.370 e. The van der Waals surface area contributed by atoms with Gasteiger partial charge in [-0.05, 0) is 12.8 Å². The normalized spacial score (nSPS) is 9.62. The molecule has 13 heavy (non-hydrogen) atoms. The average Bonchev–Trinajstić information content (AvgIpc) is 2.10. The average molecular weight is 185 g/mol. The van der Waals surface area contributed by atoms with E-state index in [2.05, 4.69) is 5.32 Å². The Labute approximate surface area is 78.9 Å². The maximum atomic E-state index is 10.7. The van der Waals surface area contributed by atoms with Crippen molar-refractivity contribution in [3.05, 3.63) is 6.42 Å². The van der Waals surface area contributed by atoms with E-state index in [0.717, 1.165) is 25.7 Å². The third-order valence-electron chi connectivity index (χ3n) is 1.70. The summed E-state index contributed by atoms with van der Waals surface area (Å²) in [5, 5.41) is 2.51. The Balaban J connectivity index is 3.08. The second kappa shape index (κ2) is 7.58. The Bertz CT molecular complexity index is 169. The smallest absolute Gasteiger partial charge is 0.223 e. The fourth-order valence-electron chi connectivity index (χ4n) is 0.956. The molecule has 1 radical (unpaired) electrons. The van der Waals surface area contributed by atoms with Gasteiger partial charge in [0.2, 0.25) is 11.8 Å². The fraction of sp³-hybridized carbons (Fsp3) is 0.667. The zero-order valence-corrected chi connectivity index (χ0v) is 8.01. The molecule has 0 aliphatic carbocycles. The summed E-state index contributed by atoms with van der Waals surface area (Å²) >= 11 is 0. The van der Waals surface area contributed by atoms with Crippen molar-refractivity contribution in [1.82, 2.24) is 5.32 Å². The second-order valence-electron chi connectivity index (χ2n) is 2.88. The highest BCUT2D eigenvalue weighted by molar-refractivity contribution is 5.84. The lowest BCUT2D eigenvalue weighted by atomic mass is 10.1. The van der Waals surface area contributed by atoms with Crippen LogP contribution in [0.15, 0.2) is 0 Å². The minimum Gasteiger partial charge on any atom is -0.370 e. The van der Waals surface area contributed by atoms with Crippen LogP contribution in [-0.4, -0.2) is 18.9 Å². The number of nitrogens with two attached hydrogens (primary N) is 1. The van der Waals surface area contributed by atoms with Gasteiger partial charge in [-0.1, -0.05) is 12.8 Å². The molecule has 0 rings (SSSR count). The number of unbranched alkanes of at least 4 members (excludes halogenated alkanes) is 3. The lowest BCUT2D eigenvalue weighted by Crippen LogP contribution is -2.17. The number of hydrogen-bond donors (Lipinski definition) is 2. The number of carbonyl (C=O) groups is 2. The maximum Gasteiger partial charge on any atom is 0.223 e. The minimum atomic E-state index is -0.254. The molecule has 0 aromatic heterocycles. The lowest BCUT2D eigenvalue weighted by Gasteiger charge is -1.99. The first kappa shape index (κ1) is 11.9. The quantitative estimate of drug-likeness (QED) is 0.562. The Hall–Kier alpha value is -1.06. The van der Waals surface area contributed by atoms with Crippen LogP contribution in [0.4, 0.5) is 0 Å². The molecular formula is C9H17N2O2. The number of amides is 2. The molecule has 0 atom stereocenters. The Morgan fingerprint density at radius 1 is 1.31 bits per heavy atom. The Morgan fingerprint density at radius 3 is 2.54 bits per heavy atom. The molecule has 0 saturated carbocycles. The minimum absolute atomic E-state index is 0.0464. The van der Waals surface area contributed by atoms with Gasteiger partial charge < -0.3 is 11.1 Å². The number of primary amides is 1. The van der Waals surface area contributed by atoms with Gasteiger partial charge in [-0.3, -0.25) is 9.59 Å². The van der Waals surface area contributed by atoms with Crippen molar-refractivity contribution in [3.8, 4) is 0 Å². The topological polar surface area (TPSA) is 72.2 Å². The van der Waals surface area contributed by atoms with Crippen LogP contribution in [-0.2, 0) is 9.59 Å². The van der Waals surface area contributed by atoms with E-state index in [1.54, 1.807) is 13.5 Å². The van der Waals surface area contributed by atoms with E-state index in [4.69, 9.17) is 5.73 Å². The highest BCUT2D eigenvalue weighted by atomic mass is 16.1. The summed E-state index contributed by atoms with van der Waals surface area (Å²) in [6, 6.07) is 0. The van der Waals surface area contributed by atoms with Gasteiger partial charge in [0.1, 0.15) is 0 Å². The first-order valence-electron chi connectivity index (χ1n) is 4.50. The molecule has 0 bridgehead atoms. The highest BCUT2D eigenvalue weighted by Gasteiger charge is 1.98. The van der Waals surface area contributed by atoms with Gasteiger partial charge in [-0.15, -0.1) is 0 Å². The number of carbonyl (C=O) groups excluding carboxylic acids is 2. The van der Waals surface area contributed by atoms with E-state index in [1.807, 2.05) is 0 Å². The first-order valence-corrected chi connectivity index (χ1v) is 4.50. The third-order valence-corrected chi connectivity index (χ3v) is 1.70. The summed E-state index contributed by atoms with van der Waals surface area (Å²) in [6.45, 7) is 0. The third kappa shape index (κ3) is 8.85. The van der Waals surface area contributed by atoms with Crippen molar-refractivity contribution in [2.24, 2.45) is 5.73 Å². The number of rotatable bonds is 7. The molecule has 0 fully saturated rings.